The van der Waals surface area contributed by atoms with Crippen LogP contribution in [0.2, 0.25) is 0 Å². The van der Waals surface area contributed by atoms with Crippen molar-refractivity contribution in [2.45, 2.75) is 57.8 Å². The predicted octanol–water partition coefficient (Wildman–Crippen LogP) is 4.39. The lowest BCUT2D eigenvalue weighted by atomic mass is 9.84. The lowest BCUT2D eigenvalue weighted by molar-refractivity contribution is -0.120. The normalized spacial score (nSPS) is 21.2. The number of benzene rings is 1. The molecular weight excluding hydrogens is 336 g/mol. The van der Waals surface area contributed by atoms with Gasteiger partial charge in [-0.15, -0.1) is 5.10 Å². The monoisotopic (exact) mass is 364 g/mol. The number of ketones is 1. The van der Waals surface area contributed by atoms with E-state index in [4.69, 9.17) is 4.98 Å². The summed E-state index contributed by atoms with van der Waals surface area (Å²) < 4.78 is 0. The van der Waals surface area contributed by atoms with Crippen molar-refractivity contribution in [3.05, 3.63) is 36.0 Å². The van der Waals surface area contributed by atoms with Gasteiger partial charge in [-0.25, -0.2) is 4.98 Å². The topological polar surface area (TPSA) is 59.0 Å². The van der Waals surface area contributed by atoms with Gasteiger partial charge in [-0.1, -0.05) is 43.5 Å². The van der Waals surface area contributed by atoms with Gasteiger partial charge in [0.1, 0.15) is 5.78 Å². The number of piperidine rings is 1. The molecule has 1 aromatic carbocycles. The van der Waals surface area contributed by atoms with Crippen molar-refractivity contribution in [3.63, 3.8) is 0 Å². The van der Waals surface area contributed by atoms with Crippen molar-refractivity contribution in [1.29, 1.82) is 0 Å². The zero-order valence-electron chi connectivity index (χ0n) is 16.1. The zero-order chi connectivity index (χ0) is 18.6. The average Bonchev–Trinajstić information content (AvgIpc) is 2.75. The molecule has 2 heterocycles. The Morgan fingerprint density at radius 1 is 1.04 bits per heavy atom. The van der Waals surface area contributed by atoms with Crippen molar-refractivity contribution in [2.75, 3.05) is 18.0 Å². The summed E-state index contributed by atoms with van der Waals surface area (Å²) in [6.45, 7) is 3.26. The Balaban J connectivity index is 1.51. The van der Waals surface area contributed by atoms with Crippen LogP contribution < -0.4 is 4.90 Å². The Hall–Kier alpha value is -2.30. The molecule has 2 fully saturated rings. The van der Waals surface area contributed by atoms with Gasteiger partial charge in [0.2, 0.25) is 5.95 Å². The van der Waals surface area contributed by atoms with Crippen LogP contribution in [0, 0.1) is 5.92 Å². The highest BCUT2D eigenvalue weighted by atomic mass is 16.1. The third-order valence-electron chi connectivity index (χ3n) is 6.11. The number of nitrogens with zero attached hydrogens (tertiary/aromatic N) is 4. The summed E-state index contributed by atoms with van der Waals surface area (Å²) in [5.74, 6) is 1.68. The maximum absolute atomic E-state index is 11.7. The van der Waals surface area contributed by atoms with Crippen molar-refractivity contribution in [1.82, 2.24) is 15.2 Å². The van der Waals surface area contributed by atoms with Crippen LogP contribution in [0.1, 0.15) is 63.4 Å². The van der Waals surface area contributed by atoms with Crippen LogP contribution in [0.15, 0.2) is 30.5 Å². The molecule has 0 N–H and O–H groups in total. The Labute approximate surface area is 161 Å². The molecule has 1 saturated heterocycles. The van der Waals surface area contributed by atoms with Crippen LogP contribution in [0.3, 0.4) is 0 Å². The first-order valence-corrected chi connectivity index (χ1v) is 10.3. The van der Waals surface area contributed by atoms with E-state index >= 15 is 0 Å². The molecule has 0 spiro atoms. The third-order valence-corrected chi connectivity index (χ3v) is 6.11. The smallest absolute Gasteiger partial charge is 0.245 e. The molecule has 1 unspecified atom stereocenters. The minimum atomic E-state index is 0.0841. The Morgan fingerprint density at radius 3 is 2.56 bits per heavy atom. The molecule has 2 aliphatic rings. The Bertz CT molecular complexity index is 783. The molecule has 27 heavy (non-hydrogen) atoms. The van der Waals surface area contributed by atoms with E-state index in [1.807, 2.05) is 0 Å². The number of carbonyl (C=O) groups is 1. The third kappa shape index (κ3) is 4.18. The van der Waals surface area contributed by atoms with Crippen LogP contribution in [0.25, 0.3) is 11.3 Å². The fourth-order valence-corrected chi connectivity index (χ4v) is 4.42. The molecule has 4 rings (SSSR count). The largest absolute Gasteiger partial charge is 0.339 e. The quantitative estimate of drug-likeness (QED) is 0.805. The molecule has 1 aliphatic carbocycles. The summed E-state index contributed by atoms with van der Waals surface area (Å²) in [6.07, 6.45) is 10.4. The lowest BCUT2D eigenvalue weighted by Gasteiger charge is -2.31. The standard InChI is InChI=1S/C22H28N4O/c1-16(27)20-8-5-13-26(15-20)22-24-21(14-23-25-22)19-11-9-18(10-12-19)17-6-3-2-4-7-17/h9-12,14,17,20H,2-8,13,15H2,1H3. The van der Waals surface area contributed by atoms with Crippen LogP contribution in [0.5, 0.6) is 0 Å². The molecule has 1 atom stereocenters. The van der Waals surface area contributed by atoms with Crippen molar-refractivity contribution in [2.24, 2.45) is 5.92 Å². The summed E-state index contributed by atoms with van der Waals surface area (Å²) in [5, 5.41) is 8.41. The summed E-state index contributed by atoms with van der Waals surface area (Å²) >= 11 is 0. The summed E-state index contributed by atoms with van der Waals surface area (Å²) in [7, 11) is 0. The van der Waals surface area contributed by atoms with Gasteiger partial charge < -0.3 is 4.90 Å². The van der Waals surface area contributed by atoms with Gasteiger partial charge in [-0.05, 0) is 44.1 Å². The maximum Gasteiger partial charge on any atom is 0.245 e. The molecule has 5 nitrogen and oxygen atoms in total. The molecule has 2 aromatic rings. The van der Waals surface area contributed by atoms with Gasteiger partial charge in [-0.2, -0.15) is 5.10 Å². The second kappa shape index (κ2) is 8.15. The fraction of sp³-hybridized carbons (Fsp3) is 0.545. The molecule has 0 amide bonds. The zero-order valence-corrected chi connectivity index (χ0v) is 16.1. The van der Waals surface area contributed by atoms with E-state index in [1.165, 1.54) is 37.7 Å². The molecule has 1 aromatic heterocycles. The van der Waals surface area contributed by atoms with Gasteiger partial charge in [-0.3, -0.25) is 4.79 Å². The second-order valence-corrected chi connectivity index (χ2v) is 7.99. The number of hydrogen-bond acceptors (Lipinski definition) is 5. The van der Waals surface area contributed by atoms with E-state index in [-0.39, 0.29) is 11.7 Å². The van der Waals surface area contributed by atoms with Gasteiger partial charge in [0, 0.05) is 24.6 Å². The van der Waals surface area contributed by atoms with Crippen molar-refractivity contribution < 1.29 is 4.79 Å². The maximum atomic E-state index is 11.7. The molecule has 142 valence electrons. The van der Waals surface area contributed by atoms with Gasteiger partial charge in [0.25, 0.3) is 0 Å². The first-order valence-electron chi connectivity index (χ1n) is 10.3. The Kier molecular flexibility index (Phi) is 5.46. The number of anilines is 1. The molecule has 1 saturated carbocycles. The SMILES string of the molecule is CC(=O)C1CCCN(c2nncc(-c3ccc(C4CCCCC4)cc3)n2)C1. The van der Waals surface area contributed by atoms with Gasteiger partial charge >= 0.3 is 0 Å². The summed E-state index contributed by atoms with van der Waals surface area (Å²) in [4.78, 5) is 18.6. The number of aromatic nitrogens is 3. The highest BCUT2D eigenvalue weighted by Gasteiger charge is 2.25. The first-order chi connectivity index (χ1) is 13.2. The molecule has 1 aliphatic heterocycles. The number of hydrogen-bond donors (Lipinski definition) is 0. The van der Waals surface area contributed by atoms with Crippen LogP contribution >= 0.6 is 0 Å². The van der Waals surface area contributed by atoms with Crippen LogP contribution in [-0.2, 0) is 4.79 Å². The highest BCUT2D eigenvalue weighted by Crippen LogP contribution is 2.33. The number of Topliss-reactive ketones (excluding diaryl/α,β-unsaturated/α-hetero) is 1. The van der Waals surface area contributed by atoms with Gasteiger partial charge in [0.05, 0.1) is 11.9 Å². The Morgan fingerprint density at radius 2 is 1.81 bits per heavy atom. The second-order valence-electron chi connectivity index (χ2n) is 7.99. The molecule has 0 bridgehead atoms. The molecular formula is C22H28N4O. The van der Waals surface area contributed by atoms with Crippen LogP contribution in [-0.4, -0.2) is 34.1 Å². The van der Waals surface area contributed by atoms with Crippen molar-refractivity contribution >= 4 is 11.7 Å². The van der Waals surface area contributed by atoms with E-state index < -0.39 is 0 Å². The van der Waals surface area contributed by atoms with Crippen molar-refractivity contribution in [3.8, 4) is 11.3 Å². The minimum absolute atomic E-state index is 0.0841. The van der Waals surface area contributed by atoms with Crippen LogP contribution in [0.4, 0.5) is 5.95 Å². The van der Waals surface area contributed by atoms with E-state index in [2.05, 4.69) is 39.4 Å². The fourth-order valence-electron chi connectivity index (χ4n) is 4.42. The predicted molar refractivity (Wildman–Crippen MR) is 107 cm³/mol. The minimum Gasteiger partial charge on any atom is -0.339 e. The number of rotatable bonds is 4. The van der Waals surface area contributed by atoms with E-state index in [1.54, 1.807) is 13.1 Å². The molecule has 5 heteroatoms. The summed E-state index contributed by atoms with van der Waals surface area (Å²) in [6, 6.07) is 8.82. The van der Waals surface area contributed by atoms with E-state index in [0.717, 1.165) is 30.6 Å². The highest BCUT2D eigenvalue weighted by molar-refractivity contribution is 5.79. The summed E-state index contributed by atoms with van der Waals surface area (Å²) in [5.41, 5.74) is 3.37. The van der Waals surface area contributed by atoms with Gasteiger partial charge in [0.15, 0.2) is 0 Å². The lowest BCUT2D eigenvalue weighted by Crippen LogP contribution is -2.39. The number of carbonyl (C=O) groups excluding carboxylic acids is 1. The van der Waals surface area contributed by atoms with E-state index in [0.29, 0.717) is 18.4 Å². The van der Waals surface area contributed by atoms with E-state index in [9.17, 15) is 4.79 Å². The molecule has 0 radical (unpaired) electrons. The average molecular weight is 364 g/mol. The first kappa shape index (κ1) is 18.1.